The number of likely N-dealkylation sites (tertiary alicyclic amines) is 1. The molecule has 0 aliphatic carbocycles. The molecule has 1 aromatic carbocycles. The Morgan fingerprint density at radius 2 is 1.58 bits per heavy atom. The molecule has 1 N–H and O–H groups in total. The van der Waals surface area contributed by atoms with Gasteiger partial charge in [-0.3, -0.25) is 0 Å². The van der Waals surface area contributed by atoms with Crippen LogP contribution in [0.25, 0.3) is 11.0 Å². The number of nitrogens with one attached hydrogen (secondary N) is 1. The molecule has 1 aromatic heterocycles. The van der Waals surface area contributed by atoms with Crippen molar-refractivity contribution in [1.82, 2.24) is 14.9 Å². The van der Waals surface area contributed by atoms with E-state index < -0.39 is 0 Å². The Balaban J connectivity index is 0.00000272. The number of unbranched alkanes of at least 4 members (excludes halogenated alkanes) is 9. The van der Waals surface area contributed by atoms with Crippen LogP contribution in [0.1, 0.15) is 90.4 Å². The van der Waals surface area contributed by atoms with Gasteiger partial charge in [-0.2, -0.15) is 0 Å². The number of ether oxygens (including phenoxy) is 1. The number of H-pyrrole nitrogens is 1. The topological polar surface area (TPSA) is 41.1 Å². The van der Waals surface area contributed by atoms with Gasteiger partial charge < -0.3 is 14.6 Å². The lowest BCUT2D eigenvalue weighted by Crippen LogP contribution is -2.31. The predicted molar refractivity (Wildman–Crippen MR) is 149 cm³/mol. The first-order valence-corrected chi connectivity index (χ1v) is 13.8. The maximum absolute atomic E-state index is 5.99. The highest BCUT2D eigenvalue weighted by Gasteiger charge is 2.10. The zero-order valence-electron chi connectivity index (χ0n) is 20.5. The predicted octanol–water partition coefficient (Wildman–Crippen LogP) is 8.28. The van der Waals surface area contributed by atoms with Crippen LogP contribution >= 0.6 is 36.6 Å². The molecule has 1 fully saturated rings. The third-order valence-electron chi connectivity index (χ3n) is 6.29. The molecule has 2 heterocycles. The molecule has 0 amide bonds. The molecule has 0 unspecified atom stereocenters. The Hall–Kier alpha value is -0.620. The van der Waals surface area contributed by atoms with Crippen molar-refractivity contribution in [2.75, 3.05) is 32.0 Å². The molecule has 0 bridgehead atoms. The number of aromatic nitrogens is 2. The normalized spacial score (nSPS) is 14.1. The number of fused-ring (bicyclic) bond motifs is 1. The molecule has 1 saturated heterocycles. The van der Waals surface area contributed by atoms with Crippen LogP contribution in [0.3, 0.4) is 0 Å². The second-order valence-corrected chi connectivity index (χ2v) is 10.1. The summed E-state index contributed by atoms with van der Waals surface area (Å²) in [4.78, 5) is 10.8. The highest BCUT2D eigenvalue weighted by atomic mass is 35.5. The van der Waals surface area contributed by atoms with E-state index in [1.807, 2.05) is 11.8 Å². The fourth-order valence-corrected chi connectivity index (χ4v) is 5.25. The van der Waals surface area contributed by atoms with Gasteiger partial charge in [-0.1, -0.05) is 82.9 Å². The van der Waals surface area contributed by atoms with Crippen molar-refractivity contribution in [3.05, 3.63) is 18.2 Å². The average Bonchev–Trinajstić information content (AvgIpc) is 3.20. The average molecular weight is 519 g/mol. The van der Waals surface area contributed by atoms with Crippen LogP contribution in [0.2, 0.25) is 0 Å². The number of imidazole rings is 1. The second kappa shape index (κ2) is 18.7. The molecule has 2 aromatic rings. The van der Waals surface area contributed by atoms with Crippen LogP contribution < -0.4 is 4.74 Å². The van der Waals surface area contributed by atoms with Crippen LogP contribution in [0.15, 0.2) is 23.4 Å². The first-order chi connectivity index (χ1) is 15.3. The first-order valence-electron chi connectivity index (χ1n) is 12.8. The third-order valence-corrected chi connectivity index (χ3v) is 7.15. The monoisotopic (exact) mass is 517 g/mol. The van der Waals surface area contributed by atoms with Crippen molar-refractivity contribution >= 4 is 47.6 Å². The van der Waals surface area contributed by atoms with Crippen molar-refractivity contribution in [2.45, 2.75) is 95.6 Å². The molecular formula is C26H45Cl2N3OS. The van der Waals surface area contributed by atoms with Gasteiger partial charge in [0.1, 0.15) is 5.75 Å². The summed E-state index contributed by atoms with van der Waals surface area (Å²) in [5.41, 5.74) is 2.12. The van der Waals surface area contributed by atoms with Crippen LogP contribution in [-0.2, 0) is 0 Å². The van der Waals surface area contributed by atoms with Gasteiger partial charge in [-0.05, 0) is 44.5 Å². The Morgan fingerprint density at radius 1 is 0.909 bits per heavy atom. The number of nitrogens with zero attached hydrogens (tertiary/aromatic N) is 2. The molecule has 4 nitrogen and oxygen atoms in total. The number of hydrogen-bond acceptors (Lipinski definition) is 4. The maximum Gasteiger partial charge on any atom is 0.166 e. The standard InChI is InChI=1S/C26H43N3OS.2ClH/c1-2-3-4-5-6-7-8-9-10-14-20-30-23-15-16-24-25(22-23)28-26(27-24)31-21-19-29-17-12-11-13-18-29;;/h15-16,22H,2-14,17-21H2,1H3,(H,27,28);2*1H. The van der Waals surface area contributed by atoms with Crippen LogP contribution in [0.4, 0.5) is 0 Å². The molecular weight excluding hydrogens is 473 g/mol. The van der Waals surface area contributed by atoms with Crippen LogP contribution in [0.5, 0.6) is 5.75 Å². The zero-order valence-corrected chi connectivity index (χ0v) is 22.9. The van der Waals surface area contributed by atoms with E-state index in [-0.39, 0.29) is 24.8 Å². The SMILES string of the molecule is CCCCCCCCCCCCOc1ccc2nc(SCCN3CCCCC3)[nH]c2c1.Cl.Cl. The van der Waals surface area contributed by atoms with Gasteiger partial charge in [0.15, 0.2) is 5.16 Å². The zero-order chi connectivity index (χ0) is 21.6. The lowest BCUT2D eigenvalue weighted by molar-refractivity contribution is 0.242. The molecule has 1 aliphatic heterocycles. The third kappa shape index (κ3) is 12.1. The molecule has 0 atom stereocenters. The number of halogens is 2. The largest absolute Gasteiger partial charge is 0.494 e. The minimum Gasteiger partial charge on any atom is -0.494 e. The molecule has 0 spiro atoms. The van der Waals surface area contributed by atoms with Crippen molar-refractivity contribution < 1.29 is 4.74 Å². The number of rotatable bonds is 16. The molecule has 0 radical (unpaired) electrons. The van der Waals surface area contributed by atoms with E-state index in [2.05, 4.69) is 35.0 Å². The molecule has 33 heavy (non-hydrogen) atoms. The van der Waals surface area contributed by atoms with Gasteiger partial charge in [0, 0.05) is 18.4 Å². The van der Waals surface area contributed by atoms with Gasteiger partial charge in [-0.25, -0.2) is 4.98 Å². The van der Waals surface area contributed by atoms with Crippen molar-refractivity contribution in [3.63, 3.8) is 0 Å². The summed E-state index contributed by atoms with van der Waals surface area (Å²) in [5.74, 6) is 2.05. The fourth-order valence-electron chi connectivity index (χ4n) is 4.36. The number of hydrogen-bond donors (Lipinski definition) is 1. The Kier molecular flexibility index (Phi) is 17.2. The van der Waals surface area contributed by atoms with Gasteiger partial charge in [0.2, 0.25) is 0 Å². The number of benzene rings is 1. The summed E-state index contributed by atoms with van der Waals surface area (Å²) in [6.45, 7) is 6.78. The molecule has 3 rings (SSSR count). The lowest BCUT2D eigenvalue weighted by atomic mass is 10.1. The number of piperidine rings is 1. The summed E-state index contributed by atoms with van der Waals surface area (Å²) >= 11 is 1.83. The van der Waals surface area contributed by atoms with E-state index in [0.29, 0.717) is 0 Å². The van der Waals surface area contributed by atoms with Crippen molar-refractivity contribution in [1.29, 1.82) is 0 Å². The van der Waals surface area contributed by atoms with Crippen molar-refractivity contribution in [3.8, 4) is 5.75 Å². The summed E-state index contributed by atoms with van der Waals surface area (Å²) in [6, 6.07) is 6.24. The van der Waals surface area contributed by atoms with E-state index in [1.165, 1.54) is 90.1 Å². The molecule has 1 aliphatic rings. The smallest absolute Gasteiger partial charge is 0.166 e. The maximum atomic E-state index is 5.99. The van der Waals surface area contributed by atoms with Gasteiger partial charge in [0.05, 0.1) is 17.6 Å². The first kappa shape index (κ1) is 30.4. The molecule has 190 valence electrons. The highest BCUT2D eigenvalue weighted by molar-refractivity contribution is 7.99. The fraction of sp³-hybridized carbons (Fsp3) is 0.731. The van der Waals surface area contributed by atoms with E-state index >= 15 is 0 Å². The summed E-state index contributed by atoms with van der Waals surface area (Å²) < 4.78 is 5.99. The number of aromatic amines is 1. The quantitative estimate of drug-likeness (QED) is 0.179. The lowest BCUT2D eigenvalue weighted by Gasteiger charge is -2.25. The minimum absolute atomic E-state index is 0. The summed E-state index contributed by atoms with van der Waals surface area (Å²) in [6.07, 6.45) is 17.7. The molecule has 7 heteroatoms. The highest BCUT2D eigenvalue weighted by Crippen LogP contribution is 2.24. The molecule has 0 saturated carbocycles. The Labute approximate surface area is 218 Å². The van der Waals surface area contributed by atoms with Crippen molar-refractivity contribution in [2.24, 2.45) is 0 Å². The van der Waals surface area contributed by atoms with E-state index in [0.717, 1.165) is 47.3 Å². The summed E-state index contributed by atoms with van der Waals surface area (Å²) in [7, 11) is 0. The van der Waals surface area contributed by atoms with Gasteiger partial charge in [0.25, 0.3) is 0 Å². The Morgan fingerprint density at radius 3 is 2.27 bits per heavy atom. The van der Waals surface area contributed by atoms with E-state index in [9.17, 15) is 0 Å². The summed E-state index contributed by atoms with van der Waals surface area (Å²) in [5, 5.41) is 1.03. The Bertz CT molecular complexity index is 737. The van der Waals surface area contributed by atoms with Gasteiger partial charge >= 0.3 is 0 Å². The van der Waals surface area contributed by atoms with E-state index in [4.69, 9.17) is 9.72 Å². The van der Waals surface area contributed by atoms with Crippen LogP contribution in [-0.4, -0.2) is 46.9 Å². The van der Waals surface area contributed by atoms with Gasteiger partial charge in [-0.15, -0.1) is 24.8 Å². The van der Waals surface area contributed by atoms with Crippen LogP contribution in [0, 0.1) is 0 Å². The minimum atomic E-state index is 0. The number of thioether (sulfide) groups is 1. The van der Waals surface area contributed by atoms with E-state index in [1.54, 1.807) is 0 Å². The second-order valence-electron chi connectivity index (χ2n) is 9.00.